The third kappa shape index (κ3) is 8.66. The summed E-state index contributed by atoms with van der Waals surface area (Å²) < 4.78 is 71.2. The van der Waals surface area contributed by atoms with E-state index in [4.69, 9.17) is 23.0 Å². The highest BCUT2D eigenvalue weighted by molar-refractivity contribution is 5.81. The van der Waals surface area contributed by atoms with Gasteiger partial charge in [-0.2, -0.15) is 0 Å². The largest absolute Gasteiger partial charge is 0.573 e. The Morgan fingerprint density at radius 3 is 1.89 bits per heavy atom. The highest BCUT2D eigenvalue weighted by atomic mass is 19.4. The Morgan fingerprint density at radius 2 is 1.26 bits per heavy atom. The van der Waals surface area contributed by atoms with Crippen LogP contribution < -0.4 is 21.0 Å². The molecule has 53 heavy (non-hydrogen) atoms. The van der Waals surface area contributed by atoms with Gasteiger partial charge < -0.3 is 27.8 Å². The number of methoxy groups -OCH3 is 1. The molecule has 0 saturated carbocycles. The van der Waals surface area contributed by atoms with E-state index in [0.717, 1.165) is 67.7 Å². The Bertz CT molecular complexity index is 2260. The van der Waals surface area contributed by atoms with Crippen molar-refractivity contribution in [2.24, 2.45) is 0 Å². The number of fused-ring (bicyclic) bond motifs is 2. The van der Waals surface area contributed by atoms with Gasteiger partial charge in [0, 0.05) is 18.8 Å². The van der Waals surface area contributed by atoms with E-state index in [-0.39, 0.29) is 23.7 Å². The molecule has 6 aromatic rings. The number of alkyl halides is 3. The molecule has 0 amide bonds. The number of ether oxygens (including phenoxy) is 4. The highest BCUT2D eigenvalue weighted by Crippen LogP contribution is 2.29. The average molecular weight is 734 g/mol. The van der Waals surface area contributed by atoms with Crippen molar-refractivity contribution >= 4 is 22.3 Å². The number of hydrogen-bond donors (Lipinski definition) is 0. The lowest BCUT2D eigenvalue weighted by atomic mass is 10.0. The van der Waals surface area contributed by atoms with Gasteiger partial charge in [0.1, 0.15) is 11.5 Å². The van der Waals surface area contributed by atoms with E-state index in [1.54, 1.807) is 40.5 Å². The van der Waals surface area contributed by atoms with E-state index in [1.807, 2.05) is 30.3 Å². The quantitative estimate of drug-likeness (QED) is 0.153. The minimum Gasteiger partial charge on any atom is -0.497 e. The van der Waals surface area contributed by atoms with Crippen LogP contribution in [-0.4, -0.2) is 53.0 Å². The molecule has 0 N–H and O–H groups in total. The molecule has 3 aromatic carbocycles. The molecule has 0 radical (unpaired) electrons. The van der Waals surface area contributed by atoms with E-state index in [9.17, 15) is 22.8 Å². The molecule has 2 atom stereocenters. The summed E-state index contributed by atoms with van der Waals surface area (Å²) >= 11 is 0. The van der Waals surface area contributed by atoms with Crippen LogP contribution in [0, 0.1) is 0 Å². The number of aromatic nitrogens is 3. The fourth-order valence-corrected chi connectivity index (χ4v) is 6.60. The molecule has 2 aliphatic rings. The first-order chi connectivity index (χ1) is 25.6. The number of halogens is 3. The molecular weight excluding hydrogens is 695 g/mol. The summed E-state index contributed by atoms with van der Waals surface area (Å²) in [6, 6.07) is 22.1. The predicted molar refractivity (Wildman–Crippen MR) is 190 cm³/mol. The van der Waals surface area contributed by atoms with Crippen molar-refractivity contribution in [3.63, 3.8) is 0 Å². The summed E-state index contributed by atoms with van der Waals surface area (Å²) in [5, 5.41) is 0. The van der Waals surface area contributed by atoms with Crippen LogP contribution in [0.4, 0.5) is 13.2 Å². The van der Waals surface area contributed by atoms with Gasteiger partial charge in [-0.15, -0.1) is 13.2 Å². The number of rotatable bonds is 8. The van der Waals surface area contributed by atoms with Crippen molar-refractivity contribution in [1.82, 2.24) is 14.1 Å². The maximum Gasteiger partial charge on any atom is 0.573 e. The SMILES string of the molecule is COc1ccc(-c2ccc3oc(=O)n(C[C@@H]4CCCCO4)c3n2)cc1.O=c1oc2ccc(-c3ccc(OC(F)(F)F)cc3)cc2n1CC1CCCCO1. The van der Waals surface area contributed by atoms with Crippen LogP contribution >= 0.6 is 0 Å². The second kappa shape index (κ2) is 15.7. The summed E-state index contributed by atoms with van der Waals surface area (Å²) in [6.45, 7) is 2.32. The number of pyridine rings is 1. The zero-order chi connectivity index (χ0) is 37.0. The van der Waals surface area contributed by atoms with Gasteiger partial charge in [0.2, 0.25) is 0 Å². The summed E-state index contributed by atoms with van der Waals surface area (Å²) in [5.41, 5.74) is 5.35. The molecule has 0 bridgehead atoms. The summed E-state index contributed by atoms with van der Waals surface area (Å²) in [7, 11) is 1.64. The van der Waals surface area contributed by atoms with Crippen molar-refractivity contribution < 1.29 is 41.0 Å². The third-order valence-corrected chi connectivity index (χ3v) is 9.31. The van der Waals surface area contributed by atoms with E-state index in [2.05, 4.69) is 9.72 Å². The first-order valence-electron chi connectivity index (χ1n) is 17.5. The second-order valence-electron chi connectivity index (χ2n) is 12.9. The van der Waals surface area contributed by atoms with Crippen molar-refractivity contribution in [2.75, 3.05) is 20.3 Å². The molecule has 11 nitrogen and oxygen atoms in total. The van der Waals surface area contributed by atoms with Crippen LogP contribution in [0.1, 0.15) is 38.5 Å². The second-order valence-corrected chi connectivity index (χ2v) is 12.9. The minimum atomic E-state index is -4.73. The third-order valence-electron chi connectivity index (χ3n) is 9.31. The fraction of sp³-hybridized carbons (Fsp3) is 0.359. The lowest BCUT2D eigenvalue weighted by Gasteiger charge is -2.22. The van der Waals surface area contributed by atoms with Crippen LogP contribution in [0.2, 0.25) is 0 Å². The normalized spacial score (nSPS) is 17.7. The van der Waals surface area contributed by atoms with Crippen LogP contribution in [-0.2, 0) is 22.6 Å². The predicted octanol–water partition coefficient (Wildman–Crippen LogP) is 7.96. The van der Waals surface area contributed by atoms with Crippen molar-refractivity contribution in [2.45, 2.75) is 70.2 Å². The van der Waals surface area contributed by atoms with Crippen LogP contribution in [0.5, 0.6) is 11.5 Å². The van der Waals surface area contributed by atoms with Gasteiger partial charge in [-0.1, -0.05) is 18.2 Å². The van der Waals surface area contributed by atoms with Gasteiger partial charge in [-0.25, -0.2) is 14.6 Å². The van der Waals surface area contributed by atoms with Crippen LogP contribution in [0.25, 0.3) is 44.7 Å². The minimum absolute atomic E-state index is 0.0327. The molecule has 8 rings (SSSR count). The van der Waals surface area contributed by atoms with Gasteiger partial charge >= 0.3 is 17.9 Å². The highest BCUT2D eigenvalue weighted by Gasteiger charge is 2.31. The Morgan fingerprint density at radius 1 is 0.698 bits per heavy atom. The lowest BCUT2D eigenvalue weighted by molar-refractivity contribution is -0.274. The first kappa shape index (κ1) is 36.0. The number of hydrogen-bond acceptors (Lipinski definition) is 9. The summed E-state index contributed by atoms with van der Waals surface area (Å²) in [4.78, 5) is 29.1. The van der Waals surface area contributed by atoms with Crippen molar-refractivity contribution in [3.8, 4) is 33.9 Å². The topological polar surface area (TPSA) is 120 Å². The summed E-state index contributed by atoms with van der Waals surface area (Å²) in [6.07, 6.45) is 1.42. The molecule has 5 heterocycles. The molecule has 2 fully saturated rings. The monoisotopic (exact) mass is 733 g/mol. The summed E-state index contributed by atoms with van der Waals surface area (Å²) in [5.74, 6) is -0.328. The van der Waals surface area contributed by atoms with Gasteiger partial charge in [0.05, 0.1) is 43.6 Å². The maximum atomic E-state index is 12.3. The number of nitrogens with zero attached hydrogens (tertiary/aromatic N) is 3. The van der Waals surface area contributed by atoms with E-state index < -0.39 is 12.1 Å². The molecular formula is C39H38F3N3O8. The van der Waals surface area contributed by atoms with Gasteiger partial charge in [0.25, 0.3) is 0 Å². The fourth-order valence-electron chi connectivity index (χ4n) is 6.60. The molecule has 3 aromatic heterocycles. The zero-order valence-corrected chi connectivity index (χ0v) is 29.0. The Kier molecular flexibility index (Phi) is 10.7. The molecule has 1 unspecified atom stereocenters. The standard InChI is InChI=1S/C20H18F3NO4.C19H20N2O4/c21-20(22,23)28-15-7-4-13(5-8-15)14-6-9-18-17(11-14)24(19(25)27-18)12-16-3-1-2-10-26-16;1-23-14-7-5-13(6-8-14)16-9-10-17-18(20-16)21(19(22)25-17)12-15-4-2-3-11-24-15/h4-9,11,16H,1-3,10,12H2;5-10,15H,2-4,11-12H2,1H3/t;15-/m.0/s1. The molecule has 0 aliphatic carbocycles. The van der Waals surface area contributed by atoms with Gasteiger partial charge in [0.15, 0.2) is 16.8 Å². The van der Waals surface area contributed by atoms with Crippen LogP contribution in [0.15, 0.2) is 97.3 Å². The Hall–Kier alpha value is -5.34. The van der Waals surface area contributed by atoms with Gasteiger partial charge in [-0.3, -0.25) is 9.13 Å². The lowest BCUT2D eigenvalue weighted by Crippen LogP contribution is -2.28. The van der Waals surface area contributed by atoms with E-state index in [0.29, 0.717) is 47.6 Å². The van der Waals surface area contributed by atoms with Crippen LogP contribution in [0.3, 0.4) is 0 Å². The van der Waals surface area contributed by atoms with Gasteiger partial charge in [-0.05, 0) is 110 Å². The average Bonchev–Trinajstić information content (AvgIpc) is 3.65. The number of oxazole rings is 2. The van der Waals surface area contributed by atoms with Crippen molar-refractivity contribution in [3.05, 3.63) is 100.0 Å². The van der Waals surface area contributed by atoms with E-state index >= 15 is 0 Å². The first-order valence-corrected chi connectivity index (χ1v) is 17.5. The molecule has 0 spiro atoms. The van der Waals surface area contributed by atoms with Crippen molar-refractivity contribution in [1.29, 1.82) is 0 Å². The maximum absolute atomic E-state index is 12.3. The molecule has 2 saturated heterocycles. The Balaban J connectivity index is 0.000000165. The molecule has 278 valence electrons. The molecule has 2 aliphatic heterocycles. The Labute approximate surface area is 301 Å². The molecule has 14 heteroatoms. The van der Waals surface area contributed by atoms with E-state index in [1.165, 1.54) is 24.3 Å². The smallest absolute Gasteiger partial charge is 0.497 e. The number of benzene rings is 3. The zero-order valence-electron chi connectivity index (χ0n) is 29.0.